The summed E-state index contributed by atoms with van der Waals surface area (Å²) in [6.45, 7) is 5.61. The molecule has 1 heterocycles. The summed E-state index contributed by atoms with van der Waals surface area (Å²) < 4.78 is 7.35. The SMILES string of the molecule is CC(C)(C)OC(=O)N[C@H]1CCC[C@@H]1n1ccnc1. The number of carbonyl (C=O) groups is 1. The van der Waals surface area contributed by atoms with E-state index in [4.69, 9.17) is 4.74 Å². The van der Waals surface area contributed by atoms with Crippen LogP contribution in [-0.2, 0) is 4.74 Å². The molecule has 1 aromatic rings. The van der Waals surface area contributed by atoms with Crippen molar-refractivity contribution < 1.29 is 9.53 Å². The Hall–Kier alpha value is -1.52. The highest BCUT2D eigenvalue weighted by molar-refractivity contribution is 5.68. The number of nitrogens with zero attached hydrogens (tertiary/aromatic N) is 2. The largest absolute Gasteiger partial charge is 0.444 e. The van der Waals surface area contributed by atoms with Crippen molar-refractivity contribution in [1.29, 1.82) is 0 Å². The van der Waals surface area contributed by atoms with E-state index in [0.717, 1.165) is 19.3 Å². The molecule has 1 aliphatic carbocycles. The van der Waals surface area contributed by atoms with Crippen molar-refractivity contribution in [3.05, 3.63) is 18.7 Å². The lowest BCUT2D eigenvalue weighted by Crippen LogP contribution is -2.41. The maximum Gasteiger partial charge on any atom is 0.407 e. The van der Waals surface area contributed by atoms with Gasteiger partial charge in [-0.1, -0.05) is 0 Å². The summed E-state index contributed by atoms with van der Waals surface area (Å²) in [5.74, 6) is 0. The van der Waals surface area contributed by atoms with Crippen LogP contribution in [0, 0.1) is 0 Å². The maximum absolute atomic E-state index is 11.8. The number of alkyl carbamates (subject to hydrolysis) is 1. The number of aromatic nitrogens is 2. The molecule has 0 aromatic carbocycles. The Morgan fingerprint density at radius 3 is 2.83 bits per heavy atom. The van der Waals surface area contributed by atoms with E-state index in [1.807, 2.05) is 27.0 Å². The van der Waals surface area contributed by atoms with Crippen LogP contribution in [0.5, 0.6) is 0 Å². The minimum Gasteiger partial charge on any atom is -0.444 e. The first-order valence-electron chi connectivity index (χ1n) is 6.43. The summed E-state index contributed by atoms with van der Waals surface area (Å²) in [5.41, 5.74) is -0.451. The fraction of sp³-hybridized carbons (Fsp3) is 0.692. The third-order valence-electron chi connectivity index (χ3n) is 3.09. The summed E-state index contributed by atoms with van der Waals surface area (Å²) in [6, 6.07) is 0.425. The van der Waals surface area contributed by atoms with Gasteiger partial charge in [-0.05, 0) is 40.0 Å². The minimum atomic E-state index is -0.451. The smallest absolute Gasteiger partial charge is 0.407 e. The van der Waals surface area contributed by atoms with Crippen molar-refractivity contribution in [3.8, 4) is 0 Å². The van der Waals surface area contributed by atoms with Crippen LogP contribution < -0.4 is 5.32 Å². The van der Waals surface area contributed by atoms with Gasteiger partial charge in [0.25, 0.3) is 0 Å². The van der Waals surface area contributed by atoms with Gasteiger partial charge in [-0.15, -0.1) is 0 Å². The molecule has 5 nitrogen and oxygen atoms in total. The predicted molar refractivity (Wildman–Crippen MR) is 68.3 cm³/mol. The number of carbonyl (C=O) groups excluding carboxylic acids is 1. The highest BCUT2D eigenvalue weighted by Crippen LogP contribution is 2.30. The molecule has 0 unspecified atom stereocenters. The van der Waals surface area contributed by atoms with Crippen LogP contribution in [0.2, 0.25) is 0 Å². The lowest BCUT2D eigenvalue weighted by molar-refractivity contribution is 0.0494. The number of rotatable bonds is 2. The normalized spacial score (nSPS) is 23.9. The molecule has 0 aliphatic heterocycles. The quantitative estimate of drug-likeness (QED) is 0.878. The summed E-state index contributed by atoms with van der Waals surface area (Å²) in [7, 11) is 0. The van der Waals surface area contributed by atoms with Gasteiger partial charge in [-0.2, -0.15) is 0 Å². The summed E-state index contributed by atoms with van der Waals surface area (Å²) in [4.78, 5) is 15.8. The van der Waals surface area contributed by atoms with Gasteiger partial charge in [-0.25, -0.2) is 9.78 Å². The Bertz CT molecular complexity index is 395. The monoisotopic (exact) mass is 251 g/mol. The molecule has 1 amide bonds. The van der Waals surface area contributed by atoms with Gasteiger partial charge < -0.3 is 14.6 Å². The van der Waals surface area contributed by atoms with Gasteiger partial charge in [0, 0.05) is 12.4 Å². The average molecular weight is 251 g/mol. The Kier molecular flexibility index (Phi) is 3.59. The first-order chi connectivity index (χ1) is 8.46. The molecule has 2 atom stereocenters. The van der Waals surface area contributed by atoms with E-state index in [9.17, 15) is 4.79 Å². The molecule has 5 heteroatoms. The van der Waals surface area contributed by atoms with E-state index >= 15 is 0 Å². The second kappa shape index (κ2) is 5.00. The van der Waals surface area contributed by atoms with Crippen LogP contribution >= 0.6 is 0 Å². The van der Waals surface area contributed by atoms with E-state index < -0.39 is 5.60 Å². The van der Waals surface area contributed by atoms with E-state index in [1.165, 1.54) is 0 Å². The van der Waals surface area contributed by atoms with E-state index in [2.05, 4.69) is 14.9 Å². The number of nitrogens with one attached hydrogen (secondary N) is 1. The molecular weight excluding hydrogens is 230 g/mol. The van der Waals surface area contributed by atoms with Crippen LogP contribution in [0.25, 0.3) is 0 Å². The molecular formula is C13H21N3O2. The summed E-state index contributed by atoms with van der Waals surface area (Å²) >= 11 is 0. The summed E-state index contributed by atoms with van der Waals surface area (Å²) in [6.07, 6.45) is 8.35. The van der Waals surface area contributed by atoms with Gasteiger partial charge in [0.05, 0.1) is 18.4 Å². The first-order valence-corrected chi connectivity index (χ1v) is 6.43. The molecule has 100 valence electrons. The predicted octanol–water partition coefficient (Wildman–Crippen LogP) is 2.50. The molecule has 0 saturated heterocycles. The average Bonchev–Trinajstić information content (AvgIpc) is 2.82. The third-order valence-corrected chi connectivity index (χ3v) is 3.09. The van der Waals surface area contributed by atoms with Crippen molar-refractivity contribution in [2.75, 3.05) is 0 Å². The fourth-order valence-corrected chi connectivity index (χ4v) is 2.39. The zero-order valence-corrected chi connectivity index (χ0v) is 11.2. The van der Waals surface area contributed by atoms with Gasteiger partial charge in [0.2, 0.25) is 0 Å². The van der Waals surface area contributed by atoms with Crippen LogP contribution in [0.3, 0.4) is 0 Å². The standard InChI is InChI=1S/C13H21N3O2/c1-13(2,3)18-12(17)15-10-5-4-6-11(10)16-8-7-14-9-16/h7-11H,4-6H2,1-3H3,(H,15,17)/t10-,11-/m0/s1. The van der Waals surface area contributed by atoms with E-state index in [1.54, 1.807) is 12.5 Å². The molecule has 1 aliphatic rings. The molecule has 1 fully saturated rings. The highest BCUT2D eigenvalue weighted by Gasteiger charge is 2.30. The Morgan fingerprint density at radius 1 is 1.44 bits per heavy atom. The van der Waals surface area contributed by atoms with Crippen LogP contribution in [-0.4, -0.2) is 27.3 Å². The Balaban J connectivity index is 1.94. The second-order valence-electron chi connectivity index (χ2n) is 5.76. The minimum absolute atomic E-state index is 0.133. The van der Waals surface area contributed by atoms with E-state index in [-0.39, 0.29) is 12.1 Å². The second-order valence-corrected chi connectivity index (χ2v) is 5.76. The van der Waals surface area contributed by atoms with Crippen LogP contribution in [0.15, 0.2) is 18.7 Å². The van der Waals surface area contributed by atoms with Crippen LogP contribution in [0.1, 0.15) is 46.1 Å². The van der Waals surface area contributed by atoms with Gasteiger partial charge in [-0.3, -0.25) is 0 Å². The van der Waals surface area contributed by atoms with Gasteiger partial charge in [0.1, 0.15) is 5.60 Å². The number of hydrogen-bond donors (Lipinski definition) is 1. The first kappa shape index (κ1) is 12.9. The zero-order valence-electron chi connectivity index (χ0n) is 11.2. The fourth-order valence-electron chi connectivity index (χ4n) is 2.39. The van der Waals surface area contributed by atoms with Crippen molar-refractivity contribution in [3.63, 3.8) is 0 Å². The van der Waals surface area contributed by atoms with Crippen LogP contribution in [0.4, 0.5) is 4.79 Å². The van der Waals surface area contributed by atoms with Gasteiger partial charge in [0.15, 0.2) is 0 Å². The van der Waals surface area contributed by atoms with Crippen molar-refractivity contribution >= 4 is 6.09 Å². The molecule has 0 radical (unpaired) electrons. The number of hydrogen-bond acceptors (Lipinski definition) is 3. The number of ether oxygens (including phenoxy) is 1. The molecule has 18 heavy (non-hydrogen) atoms. The van der Waals surface area contributed by atoms with Crippen molar-refractivity contribution in [2.24, 2.45) is 0 Å². The lowest BCUT2D eigenvalue weighted by Gasteiger charge is -2.25. The number of imidazole rings is 1. The summed E-state index contributed by atoms with van der Waals surface area (Å²) in [5, 5.41) is 2.96. The van der Waals surface area contributed by atoms with Gasteiger partial charge >= 0.3 is 6.09 Å². The van der Waals surface area contributed by atoms with Crippen molar-refractivity contribution in [2.45, 2.75) is 57.7 Å². The lowest BCUT2D eigenvalue weighted by atomic mass is 10.1. The molecule has 2 rings (SSSR count). The Labute approximate surface area is 108 Å². The molecule has 1 N–H and O–H groups in total. The topological polar surface area (TPSA) is 56.1 Å². The van der Waals surface area contributed by atoms with E-state index in [0.29, 0.717) is 6.04 Å². The Morgan fingerprint density at radius 2 is 2.22 bits per heavy atom. The molecule has 0 bridgehead atoms. The zero-order chi connectivity index (χ0) is 13.2. The molecule has 1 saturated carbocycles. The number of amides is 1. The molecule has 1 aromatic heterocycles. The van der Waals surface area contributed by atoms with Crippen molar-refractivity contribution in [1.82, 2.24) is 14.9 Å². The third kappa shape index (κ3) is 3.24. The maximum atomic E-state index is 11.8. The highest BCUT2D eigenvalue weighted by atomic mass is 16.6. The molecule has 0 spiro atoms.